The summed E-state index contributed by atoms with van der Waals surface area (Å²) in [6, 6.07) is 2.11. The Labute approximate surface area is 110 Å². The molecule has 0 unspecified atom stereocenters. The van der Waals surface area contributed by atoms with E-state index in [1.807, 2.05) is 4.90 Å². The third kappa shape index (κ3) is 2.27. The second kappa shape index (κ2) is 4.72. The Morgan fingerprint density at radius 2 is 2.33 bits per heavy atom. The average molecular weight is 264 g/mol. The summed E-state index contributed by atoms with van der Waals surface area (Å²) in [6.45, 7) is 1.80. The number of hydrogen-bond acceptors (Lipinski definition) is 3. The SMILES string of the molecule is O=C1CCN(C(=O)[C@@H]2C[C@H]2c2ccsc2)CCN1. The first-order chi connectivity index (χ1) is 8.75. The Bertz CT molecular complexity index is 458. The van der Waals surface area contributed by atoms with Gasteiger partial charge in [0.05, 0.1) is 0 Å². The van der Waals surface area contributed by atoms with Crippen molar-refractivity contribution in [2.24, 2.45) is 5.92 Å². The second-order valence-electron chi connectivity index (χ2n) is 4.93. The zero-order valence-electron chi connectivity index (χ0n) is 10.1. The molecule has 2 heterocycles. The summed E-state index contributed by atoms with van der Waals surface area (Å²) >= 11 is 1.68. The average Bonchev–Trinajstić information content (AvgIpc) is 3.05. The molecule has 0 aromatic carbocycles. The Kier molecular flexibility index (Phi) is 3.07. The fourth-order valence-corrected chi connectivity index (χ4v) is 3.27. The molecule has 1 saturated carbocycles. The van der Waals surface area contributed by atoms with Crippen LogP contribution in [0.4, 0.5) is 0 Å². The minimum absolute atomic E-state index is 0.0514. The molecule has 1 aliphatic heterocycles. The number of nitrogens with zero attached hydrogens (tertiary/aromatic N) is 1. The molecule has 1 saturated heterocycles. The van der Waals surface area contributed by atoms with E-state index < -0.39 is 0 Å². The predicted molar refractivity (Wildman–Crippen MR) is 69.4 cm³/mol. The van der Waals surface area contributed by atoms with Crippen LogP contribution in [0.15, 0.2) is 16.8 Å². The summed E-state index contributed by atoms with van der Waals surface area (Å²) in [5.41, 5.74) is 1.29. The fourth-order valence-electron chi connectivity index (χ4n) is 2.54. The first-order valence-corrected chi connectivity index (χ1v) is 7.27. The molecule has 2 fully saturated rings. The summed E-state index contributed by atoms with van der Waals surface area (Å²) in [6.07, 6.45) is 1.40. The van der Waals surface area contributed by atoms with Crippen molar-refractivity contribution in [2.75, 3.05) is 19.6 Å². The zero-order chi connectivity index (χ0) is 12.5. The van der Waals surface area contributed by atoms with E-state index in [0.29, 0.717) is 32.0 Å². The number of carbonyl (C=O) groups excluding carboxylic acids is 2. The molecule has 2 amide bonds. The number of amides is 2. The Hall–Kier alpha value is -1.36. The molecule has 1 N–H and O–H groups in total. The normalized spacial score (nSPS) is 27.6. The van der Waals surface area contributed by atoms with Crippen molar-refractivity contribution in [1.29, 1.82) is 0 Å². The highest BCUT2D eigenvalue weighted by Gasteiger charge is 2.45. The van der Waals surface area contributed by atoms with E-state index in [1.54, 1.807) is 11.3 Å². The molecule has 2 aliphatic rings. The van der Waals surface area contributed by atoms with Gasteiger partial charge in [-0.25, -0.2) is 0 Å². The Morgan fingerprint density at radius 3 is 3.11 bits per heavy atom. The number of carbonyl (C=O) groups is 2. The van der Waals surface area contributed by atoms with Crippen molar-refractivity contribution < 1.29 is 9.59 Å². The van der Waals surface area contributed by atoms with Crippen molar-refractivity contribution in [1.82, 2.24) is 10.2 Å². The van der Waals surface area contributed by atoms with E-state index in [2.05, 4.69) is 22.1 Å². The molecular formula is C13H16N2O2S. The van der Waals surface area contributed by atoms with Crippen molar-refractivity contribution in [3.05, 3.63) is 22.4 Å². The van der Waals surface area contributed by atoms with Crippen LogP contribution in [0, 0.1) is 5.92 Å². The van der Waals surface area contributed by atoms with Crippen molar-refractivity contribution in [3.63, 3.8) is 0 Å². The third-order valence-corrected chi connectivity index (χ3v) is 4.40. The first kappa shape index (κ1) is 11.7. The maximum absolute atomic E-state index is 12.3. The van der Waals surface area contributed by atoms with Gasteiger partial charge >= 0.3 is 0 Å². The van der Waals surface area contributed by atoms with Gasteiger partial charge in [-0.05, 0) is 34.7 Å². The second-order valence-corrected chi connectivity index (χ2v) is 5.71. The highest BCUT2D eigenvalue weighted by atomic mass is 32.1. The van der Waals surface area contributed by atoms with Crippen molar-refractivity contribution >= 4 is 23.2 Å². The van der Waals surface area contributed by atoms with Gasteiger partial charge in [0.2, 0.25) is 11.8 Å². The van der Waals surface area contributed by atoms with Gasteiger partial charge in [-0.15, -0.1) is 0 Å². The highest BCUT2D eigenvalue weighted by Crippen LogP contribution is 2.49. The van der Waals surface area contributed by atoms with Gasteiger partial charge in [-0.2, -0.15) is 11.3 Å². The van der Waals surface area contributed by atoms with Gasteiger partial charge in [0, 0.05) is 32.0 Å². The molecule has 18 heavy (non-hydrogen) atoms. The number of rotatable bonds is 2. The monoisotopic (exact) mass is 264 g/mol. The molecule has 5 heteroatoms. The smallest absolute Gasteiger partial charge is 0.226 e. The number of nitrogens with one attached hydrogen (secondary N) is 1. The van der Waals surface area contributed by atoms with Crippen LogP contribution >= 0.6 is 11.3 Å². The van der Waals surface area contributed by atoms with Crippen LogP contribution in [0.25, 0.3) is 0 Å². The first-order valence-electron chi connectivity index (χ1n) is 6.33. The van der Waals surface area contributed by atoms with E-state index in [-0.39, 0.29) is 17.7 Å². The third-order valence-electron chi connectivity index (χ3n) is 3.70. The number of thiophene rings is 1. The molecule has 3 rings (SSSR count). The predicted octanol–water partition coefficient (Wildman–Crippen LogP) is 1.20. The van der Waals surface area contributed by atoms with E-state index in [1.165, 1.54) is 5.56 Å². The lowest BCUT2D eigenvalue weighted by atomic mass is 10.2. The molecule has 1 aromatic rings. The molecule has 2 atom stereocenters. The largest absolute Gasteiger partial charge is 0.354 e. The van der Waals surface area contributed by atoms with Gasteiger partial charge in [0.15, 0.2) is 0 Å². The number of hydrogen-bond donors (Lipinski definition) is 1. The quantitative estimate of drug-likeness (QED) is 0.872. The van der Waals surface area contributed by atoms with Gasteiger partial charge in [-0.3, -0.25) is 9.59 Å². The van der Waals surface area contributed by atoms with Gasteiger partial charge in [0.25, 0.3) is 0 Å². The summed E-state index contributed by atoms with van der Waals surface area (Å²) < 4.78 is 0. The van der Waals surface area contributed by atoms with Crippen LogP contribution in [0.3, 0.4) is 0 Å². The maximum atomic E-state index is 12.3. The topological polar surface area (TPSA) is 49.4 Å². The molecule has 0 bridgehead atoms. The van der Waals surface area contributed by atoms with Crippen LogP contribution in [0.1, 0.15) is 24.3 Å². The minimum Gasteiger partial charge on any atom is -0.354 e. The van der Waals surface area contributed by atoms with E-state index in [0.717, 1.165) is 6.42 Å². The summed E-state index contributed by atoms with van der Waals surface area (Å²) in [5.74, 6) is 0.835. The zero-order valence-corrected chi connectivity index (χ0v) is 10.9. The molecule has 1 aromatic heterocycles. The van der Waals surface area contributed by atoms with E-state index in [4.69, 9.17) is 0 Å². The van der Waals surface area contributed by atoms with Gasteiger partial charge in [-0.1, -0.05) is 0 Å². The molecule has 0 spiro atoms. The molecule has 96 valence electrons. The Balaban J connectivity index is 1.61. The van der Waals surface area contributed by atoms with Crippen molar-refractivity contribution in [3.8, 4) is 0 Å². The summed E-state index contributed by atoms with van der Waals surface area (Å²) in [5, 5.41) is 6.99. The maximum Gasteiger partial charge on any atom is 0.226 e. The lowest BCUT2D eigenvalue weighted by molar-refractivity contribution is -0.132. The molecule has 4 nitrogen and oxygen atoms in total. The van der Waals surface area contributed by atoms with Crippen LogP contribution in [-0.2, 0) is 9.59 Å². The summed E-state index contributed by atoms with van der Waals surface area (Å²) in [4.78, 5) is 25.4. The van der Waals surface area contributed by atoms with Crippen LogP contribution in [-0.4, -0.2) is 36.3 Å². The lowest BCUT2D eigenvalue weighted by Gasteiger charge is -2.19. The van der Waals surface area contributed by atoms with Crippen molar-refractivity contribution in [2.45, 2.75) is 18.8 Å². The molecule has 0 radical (unpaired) electrons. The van der Waals surface area contributed by atoms with Gasteiger partial charge in [0.1, 0.15) is 0 Å². The standard InChI is InChI=1S/C13H16N2O2S/c16-12-1-4-15(5-3-14-12)13(17)11-7-10(11)9-2-6-18-8-9/h2,6,8,10-11H,1,3-5,7H2,(H,14,16)/t10-,11+/m0/s1. The van der Waals surface area contributed by atoms with Gasteiger partial charge < -0.3 is 10.2 Å². The minimum atomic E-state index is 0.0514. The van der Waals surface area contributed by atoms with E-state index >= 15 is 0 Å². The Morgan fingerprint density at radius 1 is 1.44 bits per heavy atom. The van der Waals surface area contributed by atoms with Crippen LogP contribution in [0.2, 0.25) is 0 Å². The summed E-state index contributed by atoms with van der Waals surface area (Å²) in [7, 11) is 0. The molecule has 1 aliphatic carbocycles. The highest BCUT2D eigenvalue weighted by molar-refractivity contribution is 7.08. The van der Waals surface area contributed by atoms with Crippen LogP contribution in [0.5, 0.6) is 0 Å². The fraction of sp³-hybridized carbons (Fsp3) is 0.538. The lowest BCUT2D eigenvalue weighted by Crippen LogP contribution is -2.35. The van der Waals surface area contributed by atoms with E-state index in [9.17, 15) is 9.59 Å². The van der Waals surface area contributed by atoms with Crippen LogP contribution < -0.4 is 5.32 Å². The molecular weight excluding hydrogens is 248 g/mol.